The van der Waals surface area contributed by atoms with Crippen LogP contribution in [0.5, 0.6) is 0 Å². The van der Waals surface area contributed by atoms with Gasteiger partial charge in [0, 0.05) is 16.5 Å². The number of anilines is 1. The van der Waals surface area contributed by atoms with Crippen LogP contribution in [-0.2, 0) is 10.2 Å². The summed E-state index contributed by atoms with van der Waals surface area (Å²) in [7, 11) is 0. The highest BCUT2D eigenvalue weighted by atomic mass is 32.1. The molecule has 1 amide bonds. The summed E-state index contributed by atoms with van der Waals surface area (Å²) in [6.45, 7) is 1.94. The third kappa shape index (κ3) is 1.67. The quantitative estimate of drug-likeness (QED) is 0.947. The summed E-state index contributed by atoms with van der Waals surface area (Å²) < 4.78 is 4.21. The van der Waals surface area contributed by atoms with E-state index in [1.54, 1.807) is 11.3 Å². The summed E-state index contributed by atoms with van der Waals surface area (Å²) in [5.41, 5.74) is 2.89. The molecule has 0 spiro atoms. The largest absolute Gasteiger partial charge is 0.316 e. The molecule has 104 valence electrons. The van der Waals surface area contributed by atoms with Crippen molar-refractivity contribution in [3.05, 3.63) is 28.3 Å². The Kier molecular flexibility index (Phi) is 2.72. The number of fused-ring (bicyclic) bond motifs is 1. The smallest absolute Gasteiger partial charge is 0.229 e. The first-order valence-corrected chi connectivity index (χ1v) is 8.47. The van der Waals surface area contributed by atoms with E-state index in [1.165, 1.54) is 16.4 Å². The minimum absolute atomic E-state index is 0.0651. The molecule has 2 bridgehead atoms. The molecule has 3 unspecified atom stereocenters. The highest BCUT2D eigenvalue weighted by Crippen LogP contribution is 2.64. The second-order valence-electron chi connectivity index (χ2n) is 5.82. The third-order valence-corrected chi connectivity index (χ3v) is 6.52. The molecular formula is C14H15N3OS2. The topological polar surface area (TPSA) is 54.9 Å². The van der Waals surface area contributed by atoms with Gasteiger partial charge in [-0.15, -0.1) is 11.3 Å². The van der Waals surface area contributed by atoms with Crippen molar-refractivity contribution in [1.29, 1.82) is 0 Å². The van der Waals surface area contributed by atoms with Gasteiger partial charge in [0.1, 0.15) is 5.00 Å². The van der Waals surface area contributed by atoms with Gasteiger partial charge in [0.25, 0.3) is 0 Å². The van der Waals surface area contributed by atoms with Gasteiger partial charge in [-0.3, -0.25) is 9.78 Å². The lowest BCUT2D eigenvalue weighted by Crippen LogP contribution is -2.50. The number of amides is 1. The van der Waals surface area contributed by atoms with Crippen LogP contribution < -0.4 is 5.32 Å². The summed E-state index contributed by atoms with van der Waals surface area (Å²) in [5, 5.41) is 3.91. The molecule has 0 saturated heterocycles. The summed E-state index contributed by atoms with van der Waals surface area (Å²) in [5.74, 6) is 0.826. The predicted octanol–water partition coefficient (Wildman–Crippen LogP) is 3.21. The summed E-state index contributed by atoms with van der Waals surface area (Å²) in [4.78, 5) is 18.1. The van der Waals surface area contributed by atoms with Crippen molar-refractivity contribution in [2.45, 2.75) is 31.6 Å². The number of hydrogen-bond acceptors (Lipinski definition) is 5. The molecule has 5 rings (SSSR count). The fraction of sp³-hybridized carbons (Fsp3) is 0.500. The van der Waals surface area contributed by atoms with Gasteiger partial charge in [-0.1, -0.05) is 0 Å². The predicted molar refractivity (Wildman–Crippen MR) is 80.1 cm³/mol. The van der Waals surface area contributed by atoms with Crippen LogP contribution in [0.1, 0.15) is 29.8 Å². The average Bonchev–Trinajstić information content (AvgIpc) is 3.10. The van der Waals surface area contributed by atoms with E-state index in [1.807, 2.05) is 24.7 Å². The van der Waals surface area contributed by atoms with Crippen LogP contribution >= 0.6 is 22.9 Å². The SMILES string of the molecule is Cc1cc(NC(=O)C2C3CCC2(c2cncs2)C3)sn1. The standard InChI is InChI=1S/C14H15N3OS2/c1-8-4-11(20-17-8)16-13(18)12-9-2-3-14(12,5-9)10-6-15-7-19-10/h4,6-7,9,12H,2-3,5H2,1H3,(H,16,18). The Bertz CT molecular complexity index is 647. The molecule has 0 radical (unpaired) electrons. The number of nitrogens with one attached hydrogen (secondary N) is 1. The molecular weight excluding hydrogens is 290 g/mol. The van der Waals surface area contributed by atoms with Crippen LogP contribution in [0.4, 0.5) is 5.00 Å². The lowest BCUT2D eigenvalue weighted by atomic mass is 9.59. The van der Waals surface area contributed by atoms with Gasteiger partial charge < -0.3 is 5.32 Å². The van der Waals surface area contributed by atoms with E-state index in [2.05, 4.69) is 14.7 Å². The Labute approximate surface area is 125 Å². The molecule has 6 heteroatoms. The number of carbonyl (C=O) groups excluding carboxylic acids is 1. The van der Waals surface area contributed by atoms with Gasteiger partial charge in [-0.05, 0) is 49.7 Å². The Morgan fingerprint density at radius 3 is 3.10 bits per heavy atom. The van der Waals surface area contributed by atoms with Crippen molar-refractivity contribution in [3.8, 4) is 0 Å². The zero-order valence-electron chi connectivity index (χ0n) is 11.1. The second-order valence-corrected chi connectivity index (χ2v) is 7.52. The van der Waals surface area contributed by atoms with Crippen molar-refractivity contribution >= 4 is 33.8 Å². The maximum atomic E-state index is 12.6. The second kappa shape index (κ2) is 4.36. The molecule has 3 saturated carbocycles. The zero-order chi connectivity index (χ0) is 13.7. The van der Waals surface area contributed by atoms with Gasteiger partial charge in [-0.25, -0.2) is 0 Å². The summed E-state index contributed by atoms with van der Waals surface area (Å²) >= 11 is 3.05. The minimum Gasteiger partial charge on any atom is -0.316 e. The molecule has 4 nitrogen and oxygen atoms in total. The monoisotopic (exact) mass is 305 g/mol. The van der Waals surface area contributed by atoms with Gasteiger partial charge in [-0.2, -0.15) is 4.37 Å². The number of thiazole rings is 1. The molecule has 1 N–H and O–H groups in total. The van der Waals surface area contributed by atoms with Crippen molar-refractivity contribution in [2.24, 2.45) is 11.8 Å². The molecule has 2 aromatic rings. The molecule has 2 heterocycles. The number of aryl methyl sites for hydroxylation is 1. The van der Waals surface area contributed by atoms with Crippen molar-refractivity contribution in [3.63, 3.8) is 0 Å². The maximum Gasteiger partial charge on any atom is 0.229 e. The van der Waals surface area contributed by atoms with Crippen LogP contribution in [0.15, 0.2) is 17.8 Å². The molecule has 20 heavy (non-hydrogen) atoms. The normalized spacial score (nSPS) is 31.1. The lowest BCUT2D eigenvalue weighted by molar-refractivity contribution is -0.127. The van der Waals surface area contributed by atoms with E-state index in [4.69, 9.17) is 0 Å². The Morgan fingerprint density at radius 1 is 1.55 bits per heavy atom. The van der Waals surface area contributed by atoms with E-state index >= 15 is 0 Å². The number of carbonyl (C=O) groups is 1. The van der Waals surface area contributed by atoms with E-state index in [9.17, 15) is 4.79 Å². The first-order valence-electron chi connectivity index (χ1n) is 6.82. The first-order chi connectivity index (χ1) is 9.69. The fourth-order valence-corrected chi connectivity index (χ4v) is 5.47. The molecule has 3 aliphatic rings. The molecule has 3 atom stereocenters. The van der Waals surface area contributed by atoms with Crippen LogP contribution in [0.25, 0.3) is 0 Å². The van der Waals surface area contributed by atoms with E-state index in [0.29, 0.717) is 5.92 Å². The van der Waals surface area contributed by atoms with Crippen molar-refractivity contribution < 1.29 is 4.79 Å². The van der Waals surface area contributed by atoms with Crippen LogP contribution in [0, 0.1) is 18.8 Å². The minimum atomic E-state index is 0.0651. The van der Waals surface area contributed by atoms with Gasteiger partial charge >= 0.3 is 0 Å². The van der Waals surface area contributed by atoms with Gasteiger partial charge in [0.15, 0.2) is 0 Å². The number of rotatable bonds is 3. The highest BCUT2D eigenvalue weighted by molar-refractivity contribution is 7.10. The Morgan fingerprint density at radius 2 is 2.45 bits per heavy atom. The molecule has 3 aliphatic carbocycles. The maximum absolute atomic E-state index is 12.6. The third-order valence-electron chi connectivity index (χ3n) is 4.73. The first kappa shape index (κ1) is 12.5. The Balaban J connectivity index is 1.58. The van der Waals surface area contributed by atoms with E-state index < -0.39 is 0 Å². The number of hydrogen-bond donors (Lipinski definition) is 1. The van der Waals surface area contributed by atoms with Gasteiger partial charge in [0.05, 0.1) is 17.1 Å². The van der Waals surface area contributed by atoms with Crippen LogP contribution in [-0.4, -0.2) is 15.3 Å². The summed E-state index contributed by atoms with van der Waals surface area (Å²) in [6, 6.07) is 1.93. The highest BCUT2D eigenvalue weighted by Gasteiger charge is 2.63. The van der Waals surface area contributed by atoms with Crippen molar-refractivity contribution in [1.82, 2.24) is 9.36 Å². The lowest BCUT2D eigenvalue weighted by Gasteiger charge is -2.45. The Hall–Kier alpha value is -1.27. The average molecular weight is 305 g/mol. The molecule has 0 aromatic carbocycles. The van der Waals surface area contributed by atoms with E-state index in [0.717, 1.165) is 30.0 Å². The molecule has 0 aliphatic heterocycles. The number of nitrogens with zero attached hydrogens (tertiary/aromatic N) is 2. The fourth-order valence-electron chi connectivity index (χ4n) is 3.90. The van der Waals surface area contributed by atoms with Crippen LogP contribution in [0.3, 0.4) is 0 Å². The van der Waals surface area contributed by atoms with Crippen LogP contribution in [0.2, 0.25) is 0 Å². The number of aromatic nitrogens is 2. The molecule has 3 fully saturated rings. The van der Waals surface area contributed by atoms with Gasteiger partial charge in [0.2, 0.25) is 5.91 Å². The summed E-state index contributed by atoms with van der Waals surface area (Å²) in [6.07, 6.45) is 5.38. The molecule has 2 aromatic heterocycles. The van der Waals surface area contributed by atoms with E-state index in [-0.39, 0.29) is 17.2 Å². The zero-order valence-corrected chi connectivity index (χ0v) is 12.8. The van der Waals surface area contributed by atoms with Crippen molar-refractivity contribution in [2.75, 3.05) is 5.32 Å².